The van der Waals surface area contributed by atoms with Gasteiger partial charge in [0.25, 0.3) is 5.91 Å². The van der Waals surface area contributed by atoms with Gasteiger partial charge in [0, 0.05) is 18.5 Å². The van der Waals surface area contributed by atoms with Crippen molar-refractivity contribution in [1.29, 1.82) is 0 Å². The average molecular weight is 414 g/mol. The van der Waals surface area contributed by atoms with Crippen LogP contribution >= 0.6 is 24.0 Å². The summed E-state index contributed by atoms with van der Waals surface area (Å²) in [6.45, 7) is 0.218. The largest absolute Gasteiger partial charge is 0.496 e. The normalized spacial score (nSPS) is 15.0. The summed E-state index contributed by atoms with van der Waals surface area (Å²) in [5, 5.41) is 0. The second-order valence-corrected chi connectivity index (χ2v) is 7.54. The summed E-state index contributed by atoms with van der Waals surface area (Å²) < 4.78 is 5.76. The molecule has 8 heteroatoms. The third-order valence-electron chi connectivity index (χ3n) is 3.98. The Morgan fingerprint density at radius 3 is 2.64 bits per heavy atom. The van der Waals surface area contributed by atoms with Crippen molar-refractivity contribution in [2.45, 2.75) is 6.42 Å². The molecule has 2 aromatic rings. The van der Waals surface area contributed by atoms with Crippen LogP contribution in [0, 0.1) is 0 Å². The monoisotopic (exact) mass is 413 g/mol. The lowest BCUT2D eigenvalue weighted by atomic mass is 10.2. The maximum absolute atomic E-state index is 12.7. The summed E-state index contributed by atoms with van der Waals surface area (Å²) in [4.78, 5) is 26.7. The van der Waals surface area contributed by atoms with Crippen molar-refractivity contribution >= 4 is 51.9 Å². The van der Waals surface area contributed by atoms with Crippen molar-refractivity contribution < 1.29 is 14.3 Å². The van der Waals surface area contributed by atoms with Gasteiger partial charge >= 0.3 is 0 Å². The van der Waals surface area contributed by atoms with Crippen LogP contribution in [0.2, 0.25) is 0 Å². The number of nitrogens with one attached hydrogen (secondary N) is 2. The SMILES string of the molecule is COc1ccccc1/C=C1/SC(=S)N(CCC(=O)NNc2ccccc2)C1=O. The van der Waals surface area contributed by atoms with Crippen LogP contribution in [0.15, 0.2) is 59.5 Å². The first-order valence-corrected chi connectivity index (χ1v) is 9.79. The van der Waals surface area contributed by atoms with E-state index < -0.39 is 0 Å². The highest BCUT2D eigenvalue weighted by Crippen LogP contribution is 2.34. The number of hydrazine groups is 1. The van der Waals surface area contributed by atoms with Crippen molar-refractivity contribution in [3.63, 3.8) is 0 Å². The number of carbonyl (C=O) groups is 2. The predicted octanol–water partition coefficient (Wildman–Crippen LogP) is 3.43. The molecular formula is C20H19N3O3S2. The molecule has 6 nitrogen and oxygen atoms in total. The molecule has 1 heterocycles. The number of amides is 2. The summed E-state index contributed by atoms with van der Waals surface area (Å²) in [6.07, 6.45) is 1.89. The fraction of sp³-hybridized carbons (Fsp3) is 0.150. The zero-order chi connectivity index (χ0) is 19.9. The van der Waals surface area contributed by atoms with Crippen LogP contribution in [0.4, 0.5) is 5.69 Å². The summed E-state index contributed by atoms with van der Waals surface area (Å²) in [5.74, 6) is 0.246. The molecule has 144 valence electrons. The average Bonchev–Trinajstić information content (AvgIpc) is 2.98. The third-order valence-corrected chi connectivity index (χ3v) is 5.36. The molecule has 0 atom stereocenters. The lowest BCUT2D eigenvalue weighted by molar-refractivity contribution is -0.123. The molecule has 1 aliphatic heterocycles. The molecule has 28 heavy (non-hydrogen) atoms. The van der Waals surface area contributed by atoms with E-state index in [0.717, 1.165) is 11.3 Å². The van der Waals surface area contributed by atoms with Gasteiger partial charge < -0.3 is 4.74 Å². The van der Waals surface area contributed by atoms with E-state index in [1.54, 1.807) is 13.2 Å². The Morgan fingerprint density at radius 1 is 1.18 bits per heavy atom. The number of methoxy groups -OCH3 is 1. The Kier molecular flexibility index (Phi) is 6.67. The Labute approximate surface area is 172 Å². The molecule has 0 saturated carbocycles. The number of thiocarbonyl (C=S) groups is 1. The minimum absolute atomic E-state index is 0.133. The molecule has 0 spiro atoms. The van der Waals surface area contributed by atoms with Crippen molar-refractivity contribution in [2.75, 3.05) is 19.1 Å². The van der Waals surface area contributed by atoms with Gasteiger partial charge in [0.2, 0.25) is 5.91 Å². The van der Waals surface area contributed by atoms with Gasteiger partial charge in [0.15, 0.2) is 0 Å². The first-order chi connectivity index (χ1) is 13.6. The van der Waals surface area contributed by atoms with E-state index in [1.165, 1.54) is 16.7 Å². The Bertz CT molecular complexity index is 916. The number of carbonyl (C=O) groups excluding carboxylic acids is 2. The van der Waals surface area contributed by atoms with E-state index >= 15 is 0 Å². The predicted molar refractivity (Wildman–Crippen MR) is 116 cm³/mol. The molecule has 1 saturated heterocycles. The minimum Gasteiger partial charge on any atom is -0.496 e. The van der Waals surface area contributed by atoms with Crippen LogP contribution in [-0.2, 0) is 9.59 Å². The van der Waals surface area contributed by atoms with E-state index in [2.05, 4.69) is 10.9 Å². The van der Waals surface area contributed by atoms with Crippen LogP contribution < -0.4 is 15.6 Å². The standard InChI is InChI=1S/C20H19N3O3S2/c1-26-16-10-6-5-7-14(16)13-17-19(25)23(20(27)28-17)12-11-18(24)22-21-15-8-3-2-4-9-15/h2-10,13,21H,11-12H2,1H3,(H,22,24)/b17-13+. The number of para-hydroxylation sites is 2. The molecule has 0 aliphatic carbocycles. The highest BCUT2D eigenvalue weighted by Gasteiger charge is 2.32. The number of rotatable bonds is 7. The van der Waals surface area contributed by atoms with E-state index in [0.29, 0.717) is 15.0 Å². The molecule has 2 N–H and O–H groups in total. The smallest absolute Gasteiger partial charge is 0.266 e. The number of thioether (sulfide) groups is 1. The number of nitrogens with zero attached hydrogens (tertiary/aromatic N) is 1. The maximum atomic E-state index is 12.7. The van der Waals surface area contributed by atoms with Crippen molar-refractivity contribution in [3.8, 4) is 5.75 Å². The minimum atomic E-state index is -0.230. The number of anilines is 1. The van der Waals surface area contributed by atoms with Gasteiger partial charge in [-0.05, 0) is 24.3 Å². The Hall–Kier alpha value is -2.84. The molecular weight excluding hydrogens is 394 g/mol. The van der Waals surface area contributed by atoms with Crippen molar-refractivity contribution in [3.05, 3.63) is 65.1 Å². The second-order valence-electron chi connectivity index (χ2n) is 5.86. The number of ether oxygens (including phenoxy) is 1. The number of hydrogen-bond acceptors (Lipinski definition) is 6. The van der Waals surface area contributed by atoms with Crippen LogP contribution in [0.5, 0.6) is 5.75 Å². The molecule has 1 fully saturated rings. The van der Waals surface area contributed by atoms with Crippen molar-refractivity contribution in [2.24, 2.45) is 0 Å². The fourth-order valence-corrected chi connectivity index (χ4v) is 3.86. The molecule has 0 bridgehead atoms. The van der Waals surface area contributed by atoms with Crippen LogP contribution in [0.1, 0.15) is 12.0 Å². The molecule has 0 aromatic heterocycles. The van der Waals surface area contributed by atoms with Gasteiger partial charge in [-0.2, -0.15) is 0 Å². The molecule has 3 rings (SSSR count). The van der Waals surface area contributed by atoms with Crippen LogP contribution in [0.3, 0.4) is 0 Å². The van der Waals surface area contributed by atoms with Crippen molar-refractivity contribution in [1.82, 2.24) is 10.3 Å². The Balaban J connectivity index is 1.58. The summed E-state index contributed by atoms with van der Waals surface area (Å²) in [5.41, 5.74) is 7.02. The molecule has 2 aromatic carbocycles. The molecule has 2 amide bonds. The highest BCUT2D eigenvalue weighted by atomic mass is 32.2. The van der Waals surface area contributed by atoms with Gasteiger partial charge in [-0.1, -0.05) is 60.4 Å². The van der Waals surface area contributed by atoms with Gasteiger partial charge in [-0.25, -0.2) is 0 Å². The number of hydrogen-bond donors (Lipinski definition) is 2. The third kappa shape index (κ3) is 4.90. The first kappa shape index (κ1) is 19.9. The lowest BCUT2D eigenvalue weighted by Crippen LogP contribution is -2.35. The van der Waals surface area contributed by atoms with Gasteiger partial charge in [0.1, 0.15) is 10.1 Å². The maximum Gasteiger partial charge on any atom is 0.266 e. The number of benzene rings is 2. The quantitative estimate of drug-likeness (QED) is 0.412. The van der Waals surface area contributed by atoms with E-state index in [4.69, 9.17) is 17.0 Å². The topological polar surface area (TPSA) is 70.7 Å². The zero-order valence-electron chi connectivity index (χ0n) is 15.2. The molecule has 0 radical (unpaired) electrons. The van der Waals surface area contributed by atoms with E-state index in [-0.39, 0.29) is 24.8 Å². The summed E-state index contributed by atoms with van der Waals surface area (Å²) in [7, 11) is 1.58. The van der Waals surface area contributed by atoms with Gasteiger partial charge in [-0.15, -0.1) is 0 Å². The van der Waals surface area contributed by atoms with Gasteiger partial charge in [0.05, 0.1) is 17.7 Å². The van der Waals surface area contributed by atoms with E-state index in [1.807, 2.05) is 54.6 Å². The fourth-order valence-electron chi connectivity index (χ4n) is 2.56. The zero-order valence-corrected chi connectivity index (χ0v) is 16.8. The van der Waals surface area contributed by atoms with E-state index in [9.17, 15) is 9.59 Å². The van der Waals surface area contributed by atoms with Crippen LogP contribution in [0.25, 0.3) is 6.08 Å². The molecule has 1 aliphatic rings. The Morgan fingerprint density at radius 2 is 1.89 bits per heavy atom. The first-order valence-electron chi connectivity index (χ1n) is 8.57. The summed E-state index contributed by atoms with van der Waals surface area (Å²) >= 11 is 6.54. The summed E-state index contributed by atoms with van der Waals surface area (Å²) in [6, 6.07) is 16.7. The van der Waals surface area contributed by atoms with Crippen LogP contribution in [-0.4, -0.2) is 34.7 Å². The highest BCUT2D eigenvalue weighted by molar-refractivity contribution is 8.26. The van der Waals surface area contributed by atoms with Gasteiger partial charge in [-0.3, -0.25) is 25.3 Å². The lowest BCUT2D eigenvalue weighted by Gasteiger charge is -2.14. The second kappa shape index (κ2) is 9.38. The molecule has 0 unspecified atom stereocenters.